The number of carbonyl (C=O) groups is 4. The minimum atomic E-state index is -4.95. The molecule has 0 aromatic rings. The highest BCUT2D eigenvalue weighted by atomic mass is 31.2. The molecule has 0 aromatic carbocycles. The number of phosphoric ester groups is 2. The van der Waals surface area contributed by atoms with Crippen molar-refractivity contribution in [3.63, 3.8) is 0 Å². The lowest BCUT2D eigenvalue weighted by Gasteiger charge is -2.21. The number of phosphoric acid groups is 2. The van der Waals surface area contributed by atoms with E-state index in [1.807, 2.05) is 0 Å². The number of aliphatic hydroxyl groups excluding tert-OH is 1. The van der Waals surface area contributed by atoms with Crippen molar-refractivity contribution >= 4 is 39.5 Å². The summed E-state index contributed by atoms with van der Waals surface area (Å²) in [6, 6.07) is 0. The number of hydrogen-bond acceptors (Lipinski definition) is 15. The average Bonchev–Trinajstić information content (AvgIpc) is 3.43. The smallest absolute Gasteiger partial charge is 0.462 e. The van der Waals surface area contributed by atoms with Gasteiger partial charge in [0.25, 0.3) is 0 Å². The predicted octanol–water partition coefficient (Wildman–Crippen LogP) is 22.1. The number of aliphatic hydroxyl groups is 1. The minimum Gasteiger partial charge on any atom is -0.462 e. The van der Waals surface area contributed by atoms with E-state index in [-0.39, 0.29) is 25.7 Å². The van der Waals surface area contributed by atoms with E-state index in [1.165, 1.54) is 212 Å². The number of ether oxygens (including phenoxy) is 4. The maximum absolute atomic E-state index is 13.1. The third-order valence-corrected chi connectivity index (χ3v) is 19.4. The first-order valence-corrected chi connectivity index (χ1v) is 42.1. The van der Waals surface area contributed by atoms with Gasteiger partial charge in [0.2, 0.25) is 0 Å². The molecule has 0 aliphatic heterocycles. The van der Waals surface area contributed by atoms with Crippen LogP contribution in [0.5, 0.6) is 0 Å². The first-order valence-electron chi connectivity index (χ1n) is 39.1. The fourth-order valence-corrected chi connectivity index (χ4v) is 13.1. The van der Waals surface area contributed by atoms with Crippen molar-refractivity contribution in [2.75, 3.05) is 39.6 Å². The van der Waals surface area contributed by atoms with E-state index < -0.39 is 97.5 Å². The van der Waals surface area contributed by atoms with Gasteiger partial charge < -0.3 is 33.8 Å². The topological polar surface area (TPSA) is 237 Å². The Morgan fingerprint density at radius 2 is 0.489 bits per heavy atom. The van der Waals surface area contributed by atoms with Crippen LogP contribution in [-0.2, 0) is 65.4 Å². The molecule has 0 bridgehead atoms. The fraction of sp³-hybridized carbons (Fsp3) is 0.947. The van der Waals surface area contributed by atoms with Crippen LogP contribution in [0, 0.1) is 5.92 Å². The van der Waals surface area contributed by atoms with Crippen LogP contribution in [-0.4, -0.2) is 96.7 Å². The molecule has 0 radical (unpaired) electrons. The average molecular weight is 1380 g/mol. The molecule has 558 valence electrons. The van der Waals surface area contributed by atoms with Gasteiger partial charge in [0.15, 0.2) is 12.2 Å². The van der Waals surface area contributed by atoms with Crippen LogP contribution < -0.4 is 0 Å². The molecule has 2 unspecified atom stereocenters. The third-order valence-electron chi connectivity index (χ3n) is 17.5. The molecule has 0 fully saturated rings. The summed E-state index contributed by atoms with van der Waals surface area (Å²) < 4.78 is 68.3. The molecular formula is C75H146O17P2. The summed E-state index contributed by atoms with van der Waals surface area (Å²) in [5.74, 6) is -1.31. The molecule has 19 heteroatoms. The summed E-state index contributed by atoms with van der Waals surface area (Å²) in [5, 5.41) is 10.6. The van der Waals surface area contributed by atoms with E-state index >= 15 is 0 Å². The molecule has 94 heavy (non-hydrogen) atoms. The van der Waals surface area contributed by atoms with E-state index in [0.717, 1.165) is 102 Å². The number of hydrogen-bond donors (Lipinski definition) is 3. The number of rotatable bonds is 75. The number of unbranched alkanes of at least 4 members (excludes halogenated alkanes) is 47. The Labute approximate surface area is 575 Å². The molecule has 17 nitrogen and oxygen atoms in total. The van der Waals surface area contributed by atoms with Crippen LogP contribution in [0.25, 0.3) is 0 Å². The third kappa shape index (κ3) is 68.6. The first kappa shape index (κ1) is 92.1. The normalized spacial score (nSPS) is 14.0. The van der Waals surface area contributed by atoms with Gasteiger partial charge in [-0.15, -0.1) is 0 Å². The Hall–Kier alpha value is -1.94. The Morgan fingerprint density at radius 3 is 0.723 bits per heavy atom. The van der Waals surface area contributed by atoms with Gasteiger partial charge in [-0.05, 0) is 31.6 Å². The van der Waals surface area contributed by atoms with Crippen molar-refractivity contribution < 1.29 is 80.2 Å². The Bertz CT molecular complexity index is 1810. The van der Waals surface area contributed by atoms with Gasteiger partial charge in [0.05, 0.1) is 26.4 Å². The van der Waals surface area contributed by atoms with Gasteiger partial charge in [-0.25, -0.2) is 9.13 Å². The maximum atomic E-state index is 13.1. The van der Waals surface area contributed by atoms with Crippen molar-refractivity contribution in [2.45, 2.75) is 412 Å². The van der Waals surface area contributed by atoms with Crippen molar-refractivity contribution in [1.82, 2.24) is 0 Å². The van der Waals surface area contributed by atoms with Gasteiger partial charge in [-0.3, -0.25) is 37.3 Å². The lowest BCUT2D eigenvalue weighted by atomic mass is 10.0. The van der Waals surface area contributed by atoms with Gasteiger partial charge in [0, 0.05) is 25.7 Å². The van der Waals surface area contributed by atoms with Gasteiger partial charge in [-0.1, -0.05) is 343 Å². The van der Waals surface area contributed by atoms with Crippen LogP contribution in [0.3, 0.4) is 0 Å². The van der Waals surface area contributed by atoms with E-state index in [9.17, 15) is 43.2 Å². The molecule has 0 aliphatic rings. The highest BCUT2D eigenvalue weighted by Crippen LogP contribution is 2.45. The van der Waals surface area contributed by atoms with Gasteiger partial charge >= 0.3 is 39.5 Å². The van der Waals surface area contributed by atoms with Crippen LogP contribution >= 0.6 is 15.6 Å². The summed E-state index contributed by atoms with van der Waals surface area (Å²) in [5.41, 5.74) is 0. The first-order chi connectivity index (χ1) is 45.5. The summed E-state index contributed by atoms with van der Waals surface area (Å²) in [4.78, 5) is 72.6. The summed E-state index contributed by atoms with van der Waals surface area (Å²) in [6.45, 7) is 7.27. The van der Waals surface area contributed by atoms with E-state index in [4.69, 9.17) is 37.0 Å². The molecule has 3 N–H and O–H groups in total. The molecule has 0 saturated heterocycles. The lowest BCUT2D eigenvalue weighted by molar-refractivity contribution is -0.161. The van der Waals surface area contributed by atoms with Crippen LogP contribution in [0.2, 0.25) is 0 Å². The Kier molecular flexibility index (Phi) is 66.8. The Balaban J connectivity index is 5.17. The molecule has 0 aliphatic carbocycles. The minimum absolute atomic E-state index is 0.106. The standard InChI is InChI=1S/C75H146O17P2/c1-6-9-12-15-18-21-22-23-24-25-26-27-30-34-37-41-46-51-56-61-75(80)92-71(65-86-73(78)59-54-49-44-40-36-33-31-28-29-32-35-39-42-47-52-57-68(4)5)67-90-94(83,84)88-63-69(76)62-87-93(81,82)89-66-70(64-85-72(77)58-53-48-43-20-17-14-11-8-3)91-74(79)60-55-50-45-38-19-16-13-10-7-2/h68-71,76H,6-67H2,1-5H3,(H,81,82)(H,83,84)/t69-,70+,71+/m0/s1. The largest absolute Gasteiger partial charge is 0.472 e. The molecule has 0 amide bonds. The second kappa shape index (κ2) is 68.2. The van der Waals surface area contributed by atoms with Crippen molar-refractivity contribution in [2.24, 2.45) is 5.92 Å². The van der Waals surface area contributed by atoms with Crippen molar-refractivity contribution in [3.05, 3.63) is 0 Å². The number of esters is 4. The zero-order valence-corrected chi connectivity index (χ0v) is 62.9. The summed E-state index contributed by atoms with van der Waals surface area (Å²) >= 11 is 0. The van der Waals surface area contributed by atoms with Crippen LogP contribution in [0.1, 0.15) is 394 Å². The monoisotopic (exact) mass is 1380 g/mol. The zero-order chi connectivity index (χ0) is 69.1. The molecule has 0 spiro atoms. The van der Waals surface area contributed by atoms with E-state index in [0.29, 0.717) is 25.7 Å². The van der Waals surface area contributed by atoms with Crippen LogP contribution in [0.4, 0.5) is 0 Å². The predicted molar refractivity (Wildman–Crippen MR) is 382 cm³/mol. The van der Waals surface area contributed by atoms with Gasteiger partial charge in [0.1, 0.15) is 19.3 Å². The van der Waals surface area contributed by atoms with Crippen molar-refractivity contribution in [1.29, 1.82) is 0 Å². The second-order valence-electron chi connectivity index (χ2n) is 27.5. The molecule has 5 atom stereocenters. The lowest BCUT2D eigenvalue weighted by Crippen LogP contribution is -2.30. The molecule has 0 saturated carbocycles. The quantitative estimate of drug-likeness (QED) is 0.0222. The van der Waals surface area contributed by atoms with E-state index in [2.05, 4.69) is 34.6 Å². The highest BCUT2D eigenvalue weighted by molar-refractivity contribution is 7.47. The van der Waals surface area contributed by atoms with Crippen molar-refractivity contribution in [3.8, 4) is 0 Å². The molecule has 0 rings (SSSR count). The highest BCUT2D eigenvalue weighted by Gasteiger charge is 2.30. The number of carbonyl (C=O) groups excluding carboxylic acids is 4. The fourth-order valence-electron chi connectivity index (χ4n) is 11.5. The van der Waals surface area contributed by atoms with E-state index in [1.54, 1.807) is 0 Å². The van der Waals surface area contributed by atoms with Crippen LogP contribution in [0.15, 0.2) is 0 Å². The molecule has 0 aromatic heterocycles. The SMILES string of the molecule is CCCCCCCCCCCCCCCCCCCCCC(=O)O[C@H](COC(=O)CCCCCCCCCCCCCCCCCC(C)C)COP(=O)(O)OC[C@@H](O)COP(=O)(O)OC[C@@H](COC(=O)CCCCCCCCCC)OC(=O)CCCCCCCCCCC. The zero-order valence-electron chi connectivity index (χ0n) is 61.1. The Morgan fingerprint density at radius 1 is 0.287 bits per heavy atom. The molecular weight excluding hydrogens is 1230 g/mol. The second-order valence-corrected chi connectivity index (χ2v) is 30.4. The molecule has 0 heterocycles. The van der Waals surface area contributed by atoms with Gasteiger partial charge in [-0.2, -0.15) is 0 Å². The summed E-state index contributed by atoms with van der Waals surface area (Å²) in [7, 11) is -9.90. The maximum Gasteiger partial charge on any atom is 0.472 e. The summed E-state index contributed by atoms with van der Waals surface area (Å²) in [6.07, 6.45) is 57.1.